The molecule has 2 aromatic carbocycles. The summed E-state index contributed by atoms with van der Waals surface area (Å²) in [6, 6.07) is 11.0. The van der Waals surface area contributed by atoms with Gasteiger partial charge < -0.3 is 9.47 Å². The van der Waals surface area contributed by atoms with Crippen molar-refractivity contribution in [1.29, 1.82) is 0 Å². The molecule has 1 unspecified atom stereocenters. The van der Waals surface area contributed by atoms with Gasteiger partial charge in [0.25, 0.3) is 0 Å². The van der Waals surface area contributed by atoms with Crippen LogP contribution in [0.3, 0.4) is 0 Å². The van der Waals surface area contributed by atoms with Crippen molar-refractivity contribution in [3.63, 3.8) is 0 Å². The largest absolute Gasteiger partial charge is 0.444 e. The predicted molar refractivity (Wildman–Crippen MR) is 114 cm³/mol. The summed E-state index contributed by atoms with van der Waals surface area (Å²) in [6.45, 7) is 9.41. The summed E-state index contributed by atoms with van der Waals surface area (Å²) in [5, 5.41) is 0. The second-order valence-electron chi connectivity index (χ2n) is 9.07. The molecule has 1 atom stereocenters. The van der Waals surface area contributed by atoms with Crippen molar-refractivity contribution in [2.24, 2.45) is 0 Å². The van der Waals surface area contributed by atoms with Crippen LogP contribution in [0.5, 0.6) is 0 Å². The van der Waals surface area contributed by atoms with E-state index in [4.69, 9.17) is 9.47 Å². The number of rotatable bonds is 4. The molecular weight excluding hydrogens is 421 g/mol. The minimum absolute atomic E-state index is 0.0312. The lowest BCUT2D eigenvalue weighted by Gasteiger charge is -2.35. The molecule has 3 rings (SSSR count). The maximum Gasteiger partial charge on any atom is 0.412 e. The molecular formula is C23H28FNO5S. The number of amides is 1. The van der Waals surface area contributed by atoms with Gasteiger partial charge in [0.1, 0.15) is 17.1 Å². The molecule has 168 valence electrons. The van der Waals surface area contributed by atoms with Crippen LogP contribution < -0.4 is 0 Å². The van der Waals surface area contributed by atoms with Crippen LogP contribution in [-0.2, 0) is 25.7 Å². The van der Waals surface area contributed by atoms with E-state index < -0.39 is 33.1 Å². The van der Waals surface area contributed by atoms with Gasteiger partial charge in [-0.25, -0.2) is 17.6 Å². The topological polar surface area (TPSA) is 72.9 Å². The molecule has 0 bridgehead atoms. The summed E-state index contributed by atoms with van der Waals surface area (Å²) in [5.41, 5.74) is -0.576. The summed E-state index contributed by atoms with van der Waals surface area (Å²) >= 11 is 0. The van der Waals surface area contributed by atoms with Gasteiger partial charge in [-0.05, 0) is 83.0 Å². The highest BCUT2D eigenvalue weighted by Crippen LogP contribution is 2.31. The zero-order valence-corrected chi connectivity index (χ0v) is 19.2. The van der Waals surface area contributed by atoms with Crippen LogP contribution >= 0.6 is 0 Å². The van der Waals surface area contributed by atoms with Crippen molar-refractivity contribution in [3.8, 4) is 0 Å². The molecule has 0 radical (unpaired) electrons. The Balaban J connectivity index is 1.78. The maximum atomic E-state index is 13.1. The fraction of sp³-hybridized carbons (Fsp3) is 0.435. The van der Waals surface area contributed by atoms with Crippen molar-refractivity contribution < 1.29 is 27.1 Å². The molecule has 8 heteroatoms. The Morgan fingerprint density at radius 1 is 1.10 bits per heavy atom. The van der Waals surface area contributed by atoms with E-state index in [0.29, 0.717) is 13.0 Å². The van der Waals surface area contributed by atoms with E-state index in [-0.39, 0.29) is 15.8 Å². The number of carbonyl (C=O) groups is 1. The van der Waals surface area contributed by atoms with E-state index in [1.165, 1.54) is 24.3 Å². The van der Waals surface area contributed by atoms with Crippen molar-refractivity contribution in [1.82, 2.24) is 4.90 Å². The molecule has 1 aliphatic rings. The van der Waals surface area contributed by atoms with Crippen LogP contribution in [-0.4, -0.2) is 43.4 Å². The fourth-order valence-corrected chi connectivity index (χ4v) is 4.80. The first-order chi connectivity index (χ1) is 14.3. The highest BCUT2D eigenvalue weighted by atomic mass is 32.2. The summed E-state index contributed by atoms with van der Waals surface area (Å²) in [4.78, 5) is 14.5. The standard InChI is InChI=1S/C23H28FNO5S/c1-22(2,3)30-21(26)25-18(15-29-23(25,4)5)14-16-6-10-19(11-7-16)31(27,28)20-12-8-17(24)9-13-20/h6-13,18H,14-15H2,1-5H3. The number of ether oxygens (including phenoxy) is 2. The summed E-state index contributed by atoms with van der Waals surface area (Å²) in [7, 11) is -3.74. The lowest BCUT2D eigenvalue weighted by molar-refractivity contribution is -0.0624. The molecule has 1 saturated heterocycles. The predicted octanol–water partition coefficient (Wildman–Crippen LogP) is 4.57. The Morgan fingerprint density at radius 3 is 2.13 bits per heavy atom. The number of hydrogen-bond donors (Lipinski definition) is 0. The van der Waals surface area contributed by atoms with Crippen LogP contribution in [0.15, 0.2) is 58.3 Å². The first kappa shape index (κ1) is 23.2. The van der Waals surface area contributed by atoms with Gasteiger partial charge in [-0.2, -0.15) is 0 Å². The molecule has 6 nitrogen and oxygen atoms in total. The van der Waals surface area contributed by atoms with E-state index in [0.717, 1.165) is 17.7 Å². The number of nitrogens with zero attached hydrogens (tertiary/aromatic N) is 1. The van der Waals surface area contributed by atoms with Crippen LogP contribution in [0.1, 0.15) is 40.2 Å². The maximum absolute atomic E-state index is 13.1. The molecule has 0 spiro atoms. The van der Waals surface area contributed by atoms with Crippen LogP contribution in [0.4, 0.5) is 9.18 Å². The van der Waals surface area contributed by atoms with Gasteiger partial charge in [0.05, 0.1) is 22.4 Å². The lowest BCUT2D eigenvalue weighted by Crippen LogP contribution is -2.50. The third-order valence-electron chi connectivity index (χ3n) is 4.99. The number of halogens is 1. The molecule has 1 heterocycles. The van der Waals surface area contributed by atoms with E-state index in [1.54, 1.807) is 17.0 Å². The van der Waals surface area contributed by atoms with Gasteiger partial charge in [0, 0.05) is 0 Å². The molecule has 0 N–H and O–H groups in total. The highest BCUT2D eigenvalue weighted by Gasteiger charge is 2.45. The quantitative estimate of drug-likeness (QED) is 0.639. The van der Waals surface area contributed by atoms with Crippen molar-refractivity contribution >= 4 is 15.9 Å². The minimum Gasteiger partial charge on any atom is -0.444 e. The molecule has 1 amide bonds. The fourth-order valence-electron chi connectivity index (χ4n) is 3.54. The Kier molecular flexibility index (Phi) is 6.17. The Morgan fingerprint density at radius 2 is 1.61 bits per heavy atom. The average molecular weight is 450 g/mol. The van der Waals surface area contributed by atoms with E-state index in [9.17, 15) is 17.6 Å². The number of carbonyl (C=O) groups excluding carboxylic acids is 1. The van der Waals surface area contributed by atoms with Crippen molar-refractivity contribution in [3.05, 3.63) is 59.9 Å². The third kappa shape index (κ3) is 5.25. The highest BCUT2D eigenvalue weighted by molar-refractivity contribution is 7.91. The zero-order valence-electron chi connectivity index (χ0n) is 18.4. The van der Waals surface area contributed by atoms with Gasteiger partial charge in [-0.3, -0.25) is 4.90 Å². The normalized spacial score (nSPS) is 18.8. The summed E-state index contributed by atoms with van der Waals surface area (Å²) < 4.78 is 50.0. The number of hydrogen-bond acceptors (Lipinski definition) is 5. The second kappa shape index (κ2) is 8.24. The lowest BCUT2D eigenvalue weighted by atomic mass is 10.1. The molecule has 1 aliphatic heterocycles. The van der Waals surface area contributed by atoms with Gasteiger partial charge >= 0.3 is 6.09 Å². The molecule has 1 fully saturated rings. The Labute approximate surface area is 182 Å². The molecule has 0 saturated carbocycles. The summed E-state index contributed by atoms with van der Waals surface area (Å²) in [5.74, 6) is -0.495. The van der Waals surface area contributed by atoms with Gasteiger partial charge in [0.15, 0.2) is 0 Å². The van der Waals surface area contributed by atoms with E-state index >= 15 is 0 Å². The zero-order chi connectivity index (χ0) is 23.0. The molecule has 0 aliphatic carbocycles. The monoisotopic (exact) mass is 449 g/mol. The SMILES string of the molecule is CC(C)(C)OC(=O)N1C(Cc2ccc(S(=O)(=O)c3ccc(F)cc3)cc2)COC1(C)C. The minimum atomic E-state index is -3.74. The van der Waals surface area contributed by atoms with Crippen LogP contribution in [0, 0.1) is 5.82 Å². The Bertz CT molecular complexity index is 1040. The smallest absolute Gasteiger partial charge is 0.412 e. The van der Waals surface area contributed by atoms with Crippen molar-refractivity contribution in [2.45, 2.75) is 68.2 Å². The first-order valence-corrected chi connectivity index (χ1v) is 11.5. The number of sulfone groups is 1. The van der Waals surface area contributed by atoms with Crippen molar-refractivity contribution in [2.75, 3.05) is 6.61 Å². The third-order valence-corrected chi connectivity index (χ3v) is 6.78. The molecule has 2 aromatic rings. The first-order valence-electron chi connectivity index (χ1n) is 10.1. The average Bonchev–Trinajstić information content (AvgIpc) is 2.95. The van der Waals surface area contributed by atoms with E-state index in [1.807, 2.05) is 34.6 Å². The Hall–Kier alpha value is -2.45. The second-order valence-corrected chi connectivity index (χ2v) is 11.0. The van der Waals surface area contributed by atoms with Gasteiger partial charge in [-0.1, -0.05) is 12.1 Å². The number of benzene rings is 2. The molecule has 0 aromatic heterocycles. The molecule has 31 heavy (non-hydrogen) atoms. The van der Waals surface area contributed by atoms with Gasteiger partial charge in [0.2, 0.25) is 9.84 Å². The van der Waals surface area contributed by atoms with Gasteiger partial charge in [-0.15, -0.1) is 0 Å². The van der Waals surface area contributed by atoms with E-state index in [2.05, 4.69) is 0 Å². The summed E-state index contributed by atoms with van der Waals surface area (Å²) in [6.07, 6.45) is 0.0371. The van der Waals surface area contributed by atoms with Crippen LogP contribution in [0.25, 0.3) is 0 Å². The van der Waals surface area contributed by atoms with Crippen LogP contribution in [0.2, 0.25) is 0 Å².